The molecule has 1 N–H and O–H groups in total. The molecule has 3 heteroatoms. The highest BCUT2D eigenvalue weighted by molar-refractivity contribution is 9.10. The number of anilines is 1. The fraction of sp³-hybridized carbons (Fsp3) is 0.600. The van der Waals surface area contributed by atoms with Gasteiger partial charge in [0.05, 0.1) is 6.10 Å². The standard InChI is InChI=1S/C15H22BrNO/c1-10-4-5-11(2)17(9-10)13-6-7-14(12(3)18)15(16)8-13/h6-8,10-12,18H,4-5,9H2,1-3H3/t10?,11?,12-/m1/s1. The molecule has 1 aliphatic rings. The summed E-state index contributed by atoms with van der Waals surface area (Å²) in [5.74, 6) is 0.761. The van der Waals surface area contributed by atoms with Crippen LogP contribution in [0.5, 0.6) is 0 Å². The van der Waals surface area contributed by atoms with Crippen molar-refractivity contribution in [1.29, 1.82) is 0 Å². The summed E-state index contributed by atoms with van der Waals surface area (Å²) in [6.45, 7) is 7.54. The van der Waals surface area contributed by atoms with Gasteiger partial charge in [0, 0.05) is 22.7 Å². The Hall–Kier alpha value is -0.540. The molecule has 0 radical (unpaired) electrons. The van der Waals surface area contributed by atoms with Gasteiger partial charge in [-0.05, 0) is 50.3 Å². The number of halogens is 1. The lowest BCUT2D eigenvalue weighted by molar-refractivity contribution is 0.198. The predicted molar refractivity (Wildman–Crippen MR) is 80.0 cm³/mol. The average molecular weight is 312 g/mol. The molecule has 1 aromatic carbocycles. The molecule has 0 spiro atoms. The van der Waals surface area contributed by atoms with Crippen molar-refractivity contribution in [3.63, 3.8) is 0 Å². The number of hydrogen-bond donors (Lipinski definition) is 1. The van der Waals surface area contributed by atoms with Crippen molar-refractivity contribution in [3.05, 3.63) is 28.2 Å². The zero-order chi connectivity index (χ0) is 13.3. The summed E-state index contributed by atoms with van der Waals surface area (Å²) in [7, 11) is 0. The third-order valence-electron chi connectivity index (χ3n) is 3.88. The number of rotatable bonds is 2. The number of nitrogens with zero attached hydrogens (tertiary/aromatic N) is 1. The first kappa shape index (κ1) is 13.9. The van der Waals surface area contributed by atoms with E-state index in [2.05, 4.69) is 46.8 Å². The molecule has 2 nitrogen and oxygen atoms in total. The monoisotopic (exact) mass is 311 g/mol. The number of aliphatic hydroxyl groups excluding tert-OH is 1. The highest BCUT2D eigenvalue weighted by atomic mass is 79.9. The van der Waals surface area contributed by atoms with Crippen LogP contribution in [-0.4, -0.2) is 17.7 Å². The Bertz CT molecular complexity index is 419. The first-order chi connectivity index (χ1) is 8.49. The van der Waals surface area contributed by atoms with Gasteiger partial charge in [-0.15, -0.1) is 0 Å². The second kappa shape index (κ2) is 5.62. The third kappa shape index (κ3) is 2.89. The summed E-state index contributed by atoms with van der Waals surface area (Å²) < 4.78 is 1.00. The molecule has 1 saturated heterocycles. The fourth-order valence-electron chi connectivity index (χ4n) is 2.68. The Kier molecular flexibility index (Phi) is 4.33. The van der Waals surface area contributed by atoms with Crippen LogP contribution in [-0.2, 0) is 0 Å². The van der Waals surface area contributed by atoms with Gasteiger partial charge in [-0.1, -0.05) is 28.9 Å². The Morgan fingerprint density at radius 2 is 2.06 bits per heavy atom. The molecule has 1 aliphatic heterocycles. The van der Waals surface area contributed by atoms with Gasteiger partial charge in [0.15, 0.2) is 0 Å². The van der Waals surface area contributed by atoms with E-state index >= 15 is 0 Å². The smallest absolute Gasteiger partial charge is 0.0772 e. The zero-order valence-electron chi connectivity index (χ0n) is 11.4. The molecule has 100 valence electrons. The molecule has 0 saturated carbocycles. The molecule has 3 atom stereocenters. The molecule has 0 amide bonds. The highest BCUT2D eigenvalue weighted by Crippen LogP contribution is 2.32. The van der Waals surface area contributed by atoms with Crippen LogP contribution in [0, 0.1) is 5.92 Å². The minimum atomic E-state index is -0.425. The maximum atomic E-state index is 9.66. The Labute approximate surface area is 118 Å². The van der Waals surface area contributed by atoms with E-state index in [4.69, 9.17) is 0 Å². The van der Waals surface area contributed by atoms with Crippen LogP contribution in [0.2, 0.25) is 0 Å². The number of hydrogen-bond acceptors (Lipinski definition) is 2. The maximum Gasteiger partial charge on any atom is 0.0772 e. The van der Waals surface area contributed by atoms with Crippen LogP contribution in [0.1, 0.15) is 45.3 Å². The second-order valence-corrected chi connectivity index (χ2v) is 6.42. The molecule has 0 aromatic heterocycles. The highest BCUT2D eigenvalue weighted by Gasteiger charge is 2.23. The van der Waals surface area contributed by atoms with Crippen LogP contribution in [0.15, 0.2) is 22.7 Å². The molecule has 2 rings (SSSR count). The van der Waals surface area contributed by atoms with E-state index in [1.54, 1.807) is 6.92 Å². The van der Waals surface area contributed by atoms with Gasteiger partial charge in [0.25, 0.3) is 0 Å². The molecule has 1 heterocycles. The van der Waals surface area contributed by atoms with E-state index in [9.17, 15) is 5.11 Å². The predicted octanol–water partition coefficient (Wildman–Crippen LogP) is 4.13. The molecule has 18 heavy (non-hydrogen) atoms. The molecule has 1 aromatic rings. The summed E-state index contributed by atoms with van der Waals surface area (Å²) in [4.78, 5) is 2.48. The van der Waals surface area contributed by atoms with Crippen LogP contribution in [0.3, 0.4) is 0 Å². The van der Waals surface area contributed by atoms with Crippen molar-refractivity contribution in [3.8, 4) is 0 Å². The SMILES string of the molecule is CC1CCC(C)N(c2ccc([C@@H](C)O)c(Br)c2)C1. The number of aliphatic hydroxyl groups is 1. The molecular weight excluding hydrogens is 290 g/mol. The first-order valence-electron chi connectivity index (χ1n) is 6.73. The lowest BCUT2D eigenvalue weighted by Crippen LogP contribution is -2.41. The normalized spacial score (nSPS) is 26.2. The van der Waals surface area contributed by atoms with Crippen molar-refractivity contribution in [2.75, 3.05) is 11.4 Å². The Morgan fingerprint density at radius 1 is 1.33 bits per heavy atom. The van der Waals surface area contributed by atoms with Crippen LogP contribution >= 0.6 is 15.9 Å². The molecule has 2 unspecified atom stereocenters. The second-order valence-electron chi connectivity index (χ2n) is 5.57. The quantitative estimate of drug-likeness (QED) is 0.887. The minimum absolute atomic E-state index is 0.425. The van der Waals surface area contributed by atoms with Crippen LogP contribution in [0.4, 0.5) is 5.69 Å². The van der Waals surface area contributed by atoms with Crippen LogP contribution in [0.25, 0.3) is 0 Å². The maximum absolute atomic E-state index is 9.66. The minimum Gasteiger partial charge on any atom is -0.389 e. The van der Waals surface area contributed by atoms with E-state index in [1.807, 2.05) is 6.07 Å². The van der Waals surface area contributed by atoms with Crippen molar-refractivity contribution < 1.29 is 5.11 Å². The van der Waals surface area contributed by atoms with E-state index in [0.29, 0.717) is 6.04 Å². The van der Waals surface area contributed by atoms with E-state index < -0.39 is 6.10 Å². The fourth-order valence-corrected chi connectivity index (χ4v) is 3.38. The van der Waals surface area contributed by atoms with Crippen molar-refractivity contribution in [2.45, 2.75) is 45.8 Å². The van der Waals surface area contributed by atoms with Crippen molar-refractivity contribution >= 4 is 21.6 Å². The summed E-state index contributed by atoms with van der Waals surface area (Å²) in [5, 5.41) is 9.66. The summed E-state index contributed by atoms with van der Waals surface area (Å²) >= 11 is 3.56. The molecule has 0 bridgehead atoms. The Balaban J connectivity index is 2.25. The van der Waals surface area contributed by atoms with Crippen molar-refractivity contribution in [1.82, 2.24) is 0 Å². The number of benzene rings is 1. The summed E-state index contributed by atoms with van der Waals surface area (Å²) in [6.07, 6.45) is 2.16. The van der Waals surface area contributed by atoms with Gasteiger partial charge < -0.3 is 10.0 Å². The largest absolute Gasteiger partial charge is 0.389 e. The van der Waals surface area contributed by atoms with Crippen LogP contribution < -0.4 is 4.90 Å². The Morgan fingerprint density at radius 3 is 2.67 bits per heavy atom. The molecule has 1 fully saturated rings. The van der Waals surface area contributed by atoms with E-state index in [-0.39, 0.29) is 0 Å². The van der Waals surface area contributed by atoms with Gasteiger partial charge in [-0.3, -0.25) is 0 Å². The van der Waals surface area contributed by atoms with E-state index in [0.717, 1.165) is 22.5 Å². The summed E-state index contributed by atoms with van der Waals surface area (Å²) in [6, 6.07) is 6.89. The van der Waals surface area contributed by atoms with Gasteiger partial charge in [0.1, 0.15) is 0 Å². The van der Waals surface area contributed by atoms with Gasteiger partial charge in [-0.2, -0.15) is 0 Å². The lowest BCUT2D eigenvalue weighted by atomic mass is 9.94. The number of piperidine rings is 1. The van der Waals surface area contributed by atoms with Gasteiger partial charge in [-0.25, -0.2) is 0 Å². The zero-order valence-corrected chi connectivity index (χ0v) is 12.9. The van der Waals surface area contributed by atoms with Gasteiger partial charge in [0.2, 0.25) is 0 Å². The average Bonchev–Trinajstić information content (AvgIpc) is 2.31. The van der Waals surface area contributed by atoms with Crippen molar-refractivity contribution in [2.24, 2.45) is 5.92 Å². The topological polar surface area (TPSA) is 23.5 Å². The first-order valence-corrected chi connectivity index (χ1v) is 7.52. The molecular formula is C15H22BrNO. The van der Waals surface area contributed by atoms with E-state index in [1.165, 1.54) is 18.5 Å². The summed E-state index contributed by atoms with van der Waals surface area (Å²) in [5.41, 5.74) is 2.21. The third-order valence-corrected chi connectivity index (χ3v) is 4.57. The molecule has 0 aliphatic carbocycles. The lowest BCUT2D eigenvalue weighted by Gasteiger charge is -2.38. The van der Waals surface area contributed by atoms with Gasteiger partial charge >= 0.3 is 0 Å².